The van der Waals surface area contributed by atoms with Crippen molar-refractivity contribution in [2.75, 3.05) is 0 Å². The molecule has 9 heteroatoms. The molecule has 0 bridgehead atoms. The summed E-state index contributed by atoms with van der Waals surface area (Å²) in [5, 5.41) is 16.8. The van der Waals surface area contributed by atoms with Gasteiger partial charge in [0.25, 0.3) is 0 Å². The van der Waals surface area contributed by atoms with E-state index >= 15 is 0 Å². The molecule has 0 aliphatic heterocycles. The van der Waals surface area contributed by atoms with E-state index in [0.717, 1.165) is 15.9 Å². The summed E-state index contributed by atoms with van der Waals surface area (Å²) >= 11 is 3.34. The third-order valence-electron chi connectivity index (χ3n) is 2.42. The molecule has 18 heavy (non-hydrogen) atoms. The van der Waals surface area contributed by atoms with E-state index in [1.54, 1.807) is 6.20 Å². The molecule has 3 rings (SSSR count). The molecule has 2 N–H and O–H groups in total. The van der Waals surface area contributed by atoms with Crippen molar-refractivity contribution in [2.24, 2.45) is 0 Å². The summed E-state index contributed by atoms with van der Waals surface area (Å²) in [4.78, 5) is 8.39. The van der Waals surface area contributed by atoms with Crippen LogP contribution in [0.2, 0.25) is 0 Å². The second kappa shape index (κ2) is 4.78. The number of fused-ring (bicyclic) bond motifs is 1. The van der Waals surface area contributed by atoms with Gasteiger partial charge >= 0.3 is 0 Å². The Morgan fingerprint density at radius 3 is 3.06 bits per heavy atom. The van der Waals surface area contributed by atoms with E-state index in [4.69, 9.17) is 0 Å². The van der Waals surface area contributed by atoms with E-state index in [1.165, 1.54) is 0 Å². The van der Waals surface area contributed by atoms with Crippen LogP contribution in [0.3, 0.4) is 0 Å². The first-order valence-electron chi connectivity index (χ1n) is 5.23. The Morgan fingerprint density at radius 2 is 2.22 bits per heavy atom. The summed E-state index contributed by atoms with van der Waals surface area (Å²) in [7, 11) is 0. The van der Waals surface area contributed by atoms with Crippen LogP contribution in [0.1, 0.15) is 11.5 Å². The molecule has 8 nitrogen and oxygen atoms in total. The van der Waals surface area contributed by atoms with Gasteiger partial charge in [0.05, 0.1) is 24.6 Å². The number of aromatic amines is 1. The Hall–Kier alpha value is -1.87. The second-order valence-electron chi connectivity index (χ2n) is 3.62. The largest absolute Gasteiger partial charge is 0.304 e. The smallest absolute Gasteiger partial charge is 0.188 e. The van der Waals surface area contributed by atoms with Crippen LogP contribution in [-0.2, 0) is 13.1 Å². The zero-order valence-electron chi connectivity index (χ0n) is 9.21. The number of H-pyrrole nitrogens is 1. The summed E-state index contributed by atoms with van der Waals surface area (Å²) in [5.41, 5.74) is 1.85. The van der Waals surface area contributed by atoms with Gasteiger partial charge in [0.15, 0.2) is 11.5 Å². The molecule has 3 aromatic rings. The van der Waals surface area contributed by atoms with Gasteiger partial charge in [-0.2, -0.15) is 5.21 Å². The fraction of sp³-hybridized carbons (Fsp3) is 0.222. The first-order chi connectivity index (χ1) is 8.83. The number of halogens is 1. The molecule has 0 aliphatic carbocycles. The van der Waals surface area contributed by atoms with Crippen LogP contribution in [0.25, 0.3) is 5.65 Å². The van der Waals surface area contributed by atoms with E-state index < -0.39 is 0 Å². The highest BCUT2D eigenvalue weighted by molar-refractivity contribution is 9.10. The van der Waals surface area contributed by atoms with E-state index in [2.05, 4.69) is 51.8 Å². The first kappa shape index (κ1) is 11.2. The highest BCUT2D eigenvalue weighted by Crippen LogP contribution is 2.10. The van der Waals surface area contributed by atoms with Gasteiger partial charge in [-0.05, 0) is 15.9 Å². The number of imidazole rings is 1. The Kier molecular flexibility index (Phi) is 2.99. The van der Waals surface area contributed by atoms with Crippen molar-refractivity contribution in [3.8, 4) is 0 Å². The molecule has 0 amide bonds. The van der Waals surface area contributed by atoms with Crippen LogP contribution in [0.15, 0.2) is 23.2 Å². The quantitative estimate of drug-likeness (QED) is 0.719. The number of rotatable bonds is 4. The molecule has 0 unspecified atom stereocenters. The normalized spacial score (nSPS) is 11.2. The van der Waals surface area contributed by atoms with Gasteiger partial charge in [0.2, 0.25) is 0 Å². The van der Waals surface area contributed by atoms with Gasteiger partial charge in [-0.3, -0.25) is 4.40 Å². The zero-order valence-corrected chi connectivity index (χ0v) is 10.8. The van der Waals surface area contributed by atoms with Crippen LogP contribution in [-0.4, -0.2) is 35.0 Å². The van der Waals surface area contributed by atoms with Crippen molar-refractivity contribution in [3.63, 3.8) is 0 Å². The molecule has 3 heterocycles. The second-order valence-corrected chi connectivity index (χ2v) is 4.43. The van der Waals surface area contributed by atoms with E-state index in [1.807, 2.05) is 16.8 Å². The molecule has 0 spiro atoms. The third kappa shape index (κ3) is 2.22. The van der Waals surface area contributed by atoms with Crippen LogP contribution < -0.4 is 5.32 Å². The van der Waals surface area contributed by atoms with Crippen LogP contribution in [0.4, 0.5) is 0 Å². The minimum atomic E-state index is 0.552. The van der Waals surface area contributed by atoms with Crippen LogP contribution in [0.5, 0.6) is 0 Å². The number of hydrogen-bond acceptors (Lipinski definition) is 6. The Morgan fingerprint density at radius 1 is 1.28 bits per heavy atom. The SMILES string of the molecule is Brc1cn2c(CNCc3nn[nH]n3)cnc2cn1. The van der Waals surface area contributed by atoms with Gasteiger partial charge in [-0.25, -0.2) is 9.97 Å². The van der Waals surface area contributed by atoms with Crippen molar-refractivity contribution in [3.05, 3.63) is 34.7 Å². The maximum Gasteiger partial charge on any atom is 0.188 e. The van der Waals surface area contributed by atoms with Gasteiger partial charge in [0, 0.05) is 12.7 Å². The molecule has 0 aliphatic rings. The average Bonchev–Trinajstić information content (AvgIpc) is 2.99. The summed E-state index contributed by atoms with van der Waals surface area (Å²) in [6.45, 7) is 1.21. The van der Waals surface area contributed by atoms with Crippen molar-refractivity contribution in [2.45, 2.75) is 13.1 Å². The average molecular weight is 309 g/mol. The van der Waals surface area contributed by atoms with Gasteiger partial charge in [-0.15, -0.1) is 10.2 Å². The lowest BCUT2D eigenvalue weighted by atomic mass is 10.4. The third-order valence-corrected chi connectivity index (χ3v) is 2.83. The molecular formula is C9H9BrN8. The molecule has 0 saturated carbocycles. The molecule has 0 aromatic carbocycles. The standard InChI is InChI=1S/C9H9BrN8/c10-7-5-18-6(2-13-9(18)4-12-7)1-11-3-8-14-16-17-15-8/h2,4-5,11H,1,3H2,(H,14,15,16,17). The maximum atomic E-state index is 4.27. The first-order valence-corrected chi connectivity index (χ1v) is 6.03. The topological polar surface area (TPSA) is 96.7 Å². The van der Waals surface area contributed by atoms with E-state index in [-0.39, 0.29) is 0 Å². The molecule has 0 fully saturated rings. The zero-order chi connectivity index (χ0) is 12.4. The minimum Gasteiger partial charge on any atom is -0.304 e. The monoisotopic (exact) mass is 308 g/mol. The Labute approximate surface area is 110 Å². The summed E-state index contributed by atoms with van der Waals surface area (Å²) in [6.07, 6.45) is 5.41. The lowest BCUT2D eigenvalue weighted by Crippen LogP contribution is -2.15. The van der Waals surface area contributed by atoms with Crippen molar-refractivity contribution in [1.29, 1.82) is 0 Å². The Bertz CT molecular complexity index is 646. The van der Waals surface area contributed by atoms with Crippen molar-refractivity contribution < 1.29 is 0 Å². The summed E-state index contributed by atoms with van der Waals surface area (Å²) in [6, 6.07) is 0. The number of nitrogens with one attached hydrogen (secondary N) is 2. The van der Waals surface area contributed by atoms with Crippen LogP contribution in [0, 0.1) is 0 Å². The number of nitrogens with zero attached hydrogens (tertiary/aromatic N) is 6. The highest BCUT2D eigenvalue weighted by Gasteiger charge is 2.04. The predicted octanol–water partition coefficient (Wildman–Crippen LogP) is 0.295. The van der Waals surface area contributed by atoms with Gasteiger partial charge in [0.1, 0.15) is 4.60 Å². The van der Waals surface area contributed by atoms with Crippen LogP contribution >= 0.6 is 15.9 Å². The van der Waals surface area contributed by atoms with E-state index in [0.29, 0.717) is 18.9 Å². The minimum absolute atomic E-state index is 0.552. The van der Waals surface area contributed by atoms with E-state index in [9.17, 15) is 0 Å². The summed E-state index contributed by atoms with van der Waals surface area (Å²) < 4.78 is 2.74. The lowest BCUT2D eigenvalue weighted by molar-refractivity contribution is 0.649. The summed E-state index contributed by atoms with van der Waals surface area (Å²) in [5.74, 6) is 0.631. The Balaban J connectivity index is 1.72. The number of hydrogen-bond donors (Lipinski definition) is 2. The van der Waals surface area contributed by atoms with Crippen molar-refractivity contribution in [1.82, 2.24) is 40.3 Å². The molecule has 3 aromatic heterocycles. The molecular weight excluding hydrogens is 300 g/mol. The molecule has 92 valence electrons. The maximum absolute atomic E-state index is 4.27. The fourth-order valence-corrected chi connectivity index (χ4v) is 1.91. The molecule has 0 atom stereocenters. The highest BCUT2D eigenvalue weighted by atomic mass is 79.9. The fourth-order valence-electron chi connectivity index (χ4n) is 1.61. The molecule has 0 radical (unpaired) electrons. The van der Waals surface area contributed by atoms with Gasteiger partial charge < -0.3 is 5.32 Å². The lowest BCUT2D eigenvalue weighted by Gasteiger charge is -2.02. The molecule has 0 saturated heterocycles. The number of aromatic nitrogens is 7. The van der Waals surface area contributed by atoms with Crippen molar-refractivity contribution >= 4 is 21.6 Å². The number of tetrazole rings is 1. The predicted molar refractivity (Wildman–Crippen MR) is 65.4 cm³/mol. The van der Waals surface area contributed by atoms with Gasteiger partial charge in [-0.1, -0.05) is 5.21 Å².